The lowest BCUT2D eigenvalue weighted by Gasteiger charge is -2.41. The van der Waals surface area contributed by atoms with Gasteiger partial charge in [-0.1, -0.05) is 20.3 Å². The summed E-state index contributed by atoms with van der Waals surface area (Å²) in [6.07, 6.45) is 6.06. The molecule has 1 heterocycles. The predicted octanol–water partition coefficient (Wildman–Crippen LogP) is 1.86. The quantitative estimate of drug-likeness (QED) is 0.715. The van der Waals surface area contributed by atoms with Gasteiger partial charge in [-0.3, -0.25) is 4.90 Å². The smallest absolute Gasteiger partial charge is 0.0445 e. The molecule has 0 aliphatic carbocycles. The Hall–Kier alpha value is -0.120. The van der Waals surface area contributed by atoms with E-state index in [1.54, 1.807) is 0 Å². The van der Waals surface area contributed by atoms with Gasteiger partial charge >= 0.3 is 0 Å². The van der Waals surface area contributed by atoms with Crippen molar-refractivity contribution in [3.63, 3.8) is 0 Å². The second kappa shape index (κ2) is 7.34. The van der Waals surface area contributed by atoms with E-state index >= 15 is 0 Å². The van der Waals surface area contributed by atoms with Crippen LogP contribution in [0.4, 0.5) is 0 Å². The molecule has 2 N–H and O–H groups in total. The number of hydrogen-bond donors (Lipinski definition) is 2. The van der Waals surface area contributed by atoms with Crippen LogP contribution in [0.2, 0.25) is 0 Å². The first-order chi connectivity index (χ1) is 8.15. The van der Waals surface area contributed by atoms with E-state index < -0.39 is 0 Å². The van der Waals surface area contributed by atoms with Crippen LogP contribution in [0.5, 0.6) is 0 Å². The second-order valence-corrected chi connectivity index (χ2v) is 5.83. The van der Waals surface area contributed by atoms with Gasteiger partial charge in [0.1, 0.15) is 0 Å². The highest BCUT2D eigenvalue weighted by molar-refractivity contribution is 4.84. The summed E-state index contributed by atoms with van der Waals surface area (Å²) in [6.45, 7) is 8.43. The maximum Gasteiger partial charge on any atom is 0.0445 e. The van der Waals surface area contributed by atoms with Gasteiger partial charge in [-0.25, -0.2) is 0 Å². The molecule has 0 amide bonds. The fraction of sp³-hybridized carbons (Fsp3) is 1.00. The summed E-state index contributed by atoms with van der Waals surface area (Å²) in [4.78, 5) is 2.61. The van der Waals surface area contributed by atoms with Crippen molar-refractivity contribution in [2.75, 3.05) is 33.3 Å². The van der Waals surface area contributed by atoms with Gasteiger partial charge < -0.3 is 10.4 Å². The van der Waals surface area contributed by atoms with Gasteiger partial charge in [0, 0.05) is 25.7 Å². The zero-order chi connectivity index (χ0) is 12.7. The molecule has 0 aromatic rings. The average Bonchev–Trinajstić information content (AvgIpc) is 2.32. The van der Waals surface area contributed by atoms with Crippen molar-refractivity contribution in [1.82, 2.24) is 10.2 Å². The molecule has 0 aromatic heterocycles. The molecule has 1 rings (SSSR count). The maximum atomic E-state index is 9.16. The van der Waals surface area contributed by atoms with E-state index in [2.05, 4.69) is 24.1 Å². The van der Waals surface area contributed by atoms with Crippen molar-refractivity contribution in [1.29, 1.82) is 0 Å². The van der Waals surface area contributed by atoms with Gasteiger partial charge in [-0.15, -0.1) is 0 Å². The van der Waals surface area contributed by atoms with Crippen LogP contribution in [0, 0.1) is 5.41 Å². The standard InChI is InChI=1S/C14H30N2O/c1-4-14(2,11-15-3)12-16-9-6-5-7-13(16)8-10-17/h13,15,17H,4-12H2,1-3H3. The topological polar surface area (TPSA) is 35.5 Å². The predicted molar refractivity (Wildman–Crippen MR) is 73.2 cm³/mol. The van der Waals surface area contributed by atoms with Crippen molar-refractivity contribution in [2.45, 2.75) is 52.0 Å². The molecule has 102 valence electrons. The molecule has 1 aliphatic rings. The van der Waals surface area contributed by atoms with Crippen molar-refractivity contribution in [3.05, 3.63) is 0 Å². The molecule has 3 heteroatoms. The fourth-order valence-electron chi connectivity index (χ4n) is 2.95. The summed E-state index contributed by atoms with van der Waals surface area (Å²) < 4.78 is 0. The molecule has 0 aromatic carbocycles. The lowest BCUT2D eigenvalue weighted by molar-refractivity contribution is 0.0707. The highest BCUT2D eigenvalue weighted by atomic mass is 16.3. The van der Waals surface area contributed by atoms with E-state index in [0.717, 1.165) is 19.5 Å². The number of aliphatic hydroxyl groups excluding tert-OH is 1. The van der Waals surface area contributed by atoms with Gasteiger partial charge in [0.15, 0.2) is 0 Å². The molecule has 0 saturated carbocycles. The molecular weight excluding hydrogens is 212 g/mol. The van der Waals surface area contributed by atoms with Crippen molar-refractivity contribution in [2.24, 2.45) is 5.41 Å². The van der Waals surface area contributed by atoms with Crippen molar-refractivity contribution >= 4 is 0 Å². The summed E-state index contributed by atoms with van der Waals surface area (Å²) in [5, 5.41) is 12.5. The van der Waals surface area contributed by atoms with Gasteiger partial charge in [-0.2, -0.15) is 0 Å². The number of aliphatic hydroxyl groups is 1. The van der Waals surface area contributed by atoms with E-state index in [1.807, 2.05) is 7.05 Å². The number of nitrogens with one attached hydrogen (secondary N) is 1. The largest absolute Gasteiger partial charge is 0.396 e. The molecule has 0 bridgehead atoms. The van der Waals surface area contributed by atoms with Crippen LogP contribution >= 0.6 is 0 Å². The number of rotatable bonds is 7. The molecule has 17 heavy (non-hydrogen) atoms. The first kappa shape index (κ1) is 14.9. The van der Waals surface area contributed by atoms with Crippen LogP contribution in [0.15, 0.2) is 0 Å². The Morgan fingerprint density at radius 1 is 1.41 bits per heavy atom. The van der Waals surface area contributed by atoms with Crippen molar-refractivity contribution < 1.29 is 5.11 Å². The third-order valence-electron chi connectivity index (χ3n) is 4.25. The van der Waals surface area contributed by atoms with Gasteiger partial charge in [0.2, 0.25) is 0 Å². The van der Waals surface area contributed by atoms with E-state index in [4.69, 9.17) is 5.11 Å². The molecule has 1 saturated heterocycles. The number of hydrogen-bond acceptors (Lipinski definition) is 3. The van der Waals surface area contributed by atoms with E-state index in [1.165, 1.54) is 32.2 Å². The van der Waals surface area contributed by atoms with E-state index in [0.29, 0.717) is 18.1 Å². The lowest BCUT2D eigenvalue weighted by Crippen LogP contribution is -2.48. The Balaban J connectivity index is 2.55. The normalized spacial score (nSPS) is 25.8. The molecule has 1 fully saturated rings. The minimum absolute atomic E-state index is 0.329. The van der Waals surface area contributed by atoms with Crippen molar-refractivity contribution in [3.8, 4) is 0 Å². The van der Waals surface area contributed by atoms with Crippen LogP contribution in [0.25, 0.3) is 0 Å². The Labute approximate surface area is 107 Å². The number of piperidine rings is 1. The third-order valence-corrected chi connectivity index (χ3v) is 4.25. The summed E-state index contributed by atoms with van der Waals surface area (Å²) in [7, 11) is 2.04. The molecule has 0 spiro atoms. The zero-order valence-electron chi connectivity index (χ0n) is 11.8. The molecule has 2 atom stereocenters. The van der Waals surface area contributed by atoms with Crippen LogP contribution in [0.3, 0.4) is 0 Å². The van der Waals surface area contributed by atoms with Crippen LogP contribution < -0.4 is 5.32 Å². The van der Waals surface area contributed by atoms with Crippen LogP contribution in [0.1, 0.15) is 46.0 Å². The first-order valence-corrected chi connectivity index (χ1v) is 7.14. The minimum Gasteiger partial charge on any atom is -0.396 e. The van der Waals surface area contributed by atoms with E-state index in [-0.39, 0.29) is 0 Å². The monoisotopic (exact) mass is 242 g/mol. The molecular formula is C14H30N2O. The Kier molecular flexibility index (Phi) is 6.45. The number of nitrogens with zero attached hydrogens (tertiary/aromatic N) is 1. The summed E-state index contributed by atoms with van der Waals surface area (Å²) in [6, 6.07) is 0.608. The van der Waals surface area contributed by atoms with Crippen LogP contribution in [-0.4, -0.2) is 49.3 Å². The molecule has 3 nitrogen and oxygen atoms in total. The fourth-order valence-corrected chi connectivity index (χ4v) is 2.95. The Bertz CT molecular complexity index is 208. The maximum absolute atomic E-state index is 9.16. The van der Waals surface area contributed by atoms with E-state index in [9.17, 15) is 0 Å². The Morgan fingerprint density at radius 3 is 2.76 bits per heavy atom. The third kappa shape index (κ3) is 4.57. The highest BCUT2D eigenvalue weighted by Crippen LogP contribution is 2.27. The van der Waals surface area contributed by atoms with Gasteiger partial charge in [0.05, 0.1) is 0 Å². The Morgan fingerprint density at radius 2 is 2.18 bits per heavy atom. The summed E-state index contributed by atoms with van der Waals surface area (Å²) in [5.74, 6) is 0. The summed E-state index contributed by atoms with van der Waals surface area (Å²) in [5.41, 5.74) is 0.361. The average molecular weight is 242 g/mol. The highest BCUT2D eigenvalue weighted by Gasteiger charge is 2.29. The molecule has 1 aliphatic heterocycles. The zero-order valence-corrected chi connectivity index (χ0v) is 11.8. The number of likely N-dealkylation sites (tertiary alicyclic amines) is 1. The lowest BCUT2D eigenvalue weighted by atomic mass is 9.85. The van der Waals surface area contributed by atoms with Crippen LogP contribution in [-0.2, 0) is 0 Å². The first-order valence-electron chi connectivity index (χ1n) is 7.14. The second-order valence-electron chi connectivity index (χ2n) is 5.83. The molecule has 0 radical (unpaired) electrons. The molecule has 2 unspecified atom stereocenters. The summed E-state index contributed by atoms with van der Waals surface area (Å²) >= 11 is 0. The van der Waals surface area contributed by atoms with Gasteiger partial charge in [0.25, 0.3) is 0 Å². The SMILES string of the molecule is CCC(C)(CNC)CN1CCCCC1CCO. The minimum atomic E-state index is 0.329. The van der Waals surface area contributed by atoms with Gasteiger partial charge in [-0.05, 0) is 44.7 Å².